The van der Waals surface area contributed by atoms with Crippen molar-refractivity contribution in [1.29, 1.82) is 0 Å². The second-order valence-electron chi connectivity index (χ2n) is 5.83. The maximum atomic E-state index is 6.51. The molecule has 0 aromatic heterocycles. The lowest BCUT2D eigenvalue weighted by Crippen LogP contribution is -2.55. The highest BCUT2D eigenvalue weighted by Gasteiger charge is 2.34. The van der Waals surface area contributed by atoms with E-state index in [4.69, 9.17) is 10.5 Å². The summed E-state index contributed by atoms with van der Waals surface area (Å²) in [5.74, 6) is 0. The van der Waals surface area contributed by atoms with Crippen LogP contribution < -0.4 is 5.73 Å². The molecule has 1 aromatic rings. The summed E-state index contributed by atoms with van der Waals surface area (Å²) < 4.78 is 5.43. The fourth-order valence-corrected chi connectivity index (χ4v) is 2.70. The van der Waals surface area contributed by atoms with Crippen LogP contribution in [-0.2, 0) is 11.2 Å². The second-order valence-corrected chi connectivity index (χ2v) is 5.83. The first-order valence-corrected chi connectivity index (χ1v) is 7.23. The van der Waals surface area contributed by atoms with E-state index in [1.165, 1.54) is 11.1 Å². The van der Waals surface area contributed by atoms with Gasteiger partial charge in [0, 0.05) is 24.7 Å². The summed E-state index contributed by atoms with van der Waals surface area (Å²) in [6.45, 7) is 10.2. The fourth-order valence-electron chi connectivity index (χ4n) is 2.70. The summed E-state index contributed by atoms with van der Waals surface area (Å²) >= 11 is 0. The normalized spacial score (nSPS) is 19.4. The fraction of sp³-hybridized carbons (Fsp3) is 0.625. The third-order valence-electron chi connectivity index (χ3n) is 4.33. The van der Waals surface area contributed by atoms with Gasteiger partial charge in [0.05, 0.1) is 13.2 Å². The van der Waals surface area contributed by atoms with Crippen molar-refractivity contribution in [3.05, 3.63) is 35.4 Å². The first-order chi connectivity index (χ1) is 9.05. The SMILES string of the molecule is CCc1ccc(C(N)C(C)(C)N2CCOCC2)cc1. The number of nitrogens with zero attached hydrogens (tertiary/aromatic N) is 1. The van der Waals surface area contributed by atoms with Crippen LogP contribution in [-0.4, -0.2) is 36.7 Å². The molecule has 106 valence electrons. The molecule has 1 atom stereocenters. The standard InChI is InChI=1S/C16H26N2O/c1-4-13-5-7-14(8-6-13)15(17)16(2,3)18-9-11-19-12-10-18/h5-8,15H,4,9-12,17H2,1-3H3. The minimum Gasteiger partial charge on any atom is -0.379 e. The third-order valence-corrected chi connectivity index (χ3v) is 4.33. The van der Waals surface area contributed by atoms with Crippen LogP contribution in [0.3, 0.4) is 0 Å². The van der Waals surface area contributed by atoms with Gasteiger partial charge in [0.15, 0.2) is 0 Å². The molecule has 19 heavy (non-hydrogen) atoms. The quantitative estimate of drug-likeness (QED) is 0.905. The number of hydrogen-bond acceptors (Lipinski definition) is 3. The molecule has 2 N–H and O–H groups in total. The number of ether oxygens (including phenoxy) is 1. The van der Waals surface area contributed by atoms with Gasteiger partial charge in [-0.15, -0.1) is 0 Å². The molecule has 0 amide bonds. The smallest absolute Gasteiger partial charge is 0.0594 e. The number of hydrogen-bond donors (Lipinski definition) is 1. The summed E-state index contributed by atoms with van der Waals surface area (Å²) in [5.41, 5.74) is 9.05. The first-order valence-electron chi connectivity index (χ1n) is 7.23. The summed E-state index contributed by atoms with van der Waals surface area (Å²) in [7, 11) is 0. The van der Waals surface area contributed by atoms with Gasteiger partial charge in [0.1, 0.15) is 0 Å². The molecule has 1 heterocycles. The molecule has 2 rings (SSSR count). The summed E-state index contributed by atoms with van der Waals surface area (Å²) in [4.78, 5) is 2.44. The number of morpholine rings is 1. The van der Waals surface area contributed by atoms with Crippen molar-refractivity contribution >= 4 is 0 Å². The second kappa shape index (κ2) is 6.04. The molecule has 0 bridgehead atoms. The van der Waals surface area contributed by atoms with E-state index in [0.717, 1.165) is 32.7 Å². The van der Waals surface area contributed by atoms with Gasteiger partial charge in [-0.2, -0.15) is 0 Å². The Kier molecular flexibility index (Phi) is 4.61. The van der Waals surface area contributed by atoms with E-state index in [1.807, 2.05) is 0 Å². The molecule has 1 fully saturated rings. The summed E-state index contributed by atoms with van der Waals surface area (Å²) in [6, 6.07) is 8.74. The zero-order chi connectivity index (χ0) is 13.9. The van der Waals surface area contributed by atoms with Gasteiger partial charge in [-0.3, -0.25) is 4.90 Å². The van der Waals surface area contributed by atoms with Crippen molar-refractivity contribution in [3.8, 4) is 0 Å². The molecular formula is C16H26N2O. The largest absolute Gasteiger partial charge is 0.379 e. The van der Waals surface area contributed by atoms with Gasteiger partial charge in [-0.1, -0.05) is 31.2 Å². The molecule has 1 aliphatic heterocycles. The summed E-state index contributed by atoms with van der Waals surface area (Å²) in [5, 5.41) is 0. The van der Waals surface area contributed by atoms with Crippen LogP contribution in [0, 0.1) is 0 Å². The number of nitrogens with two attached hydrogens (primary N) is 1. The van der Waals surface area contributed by atoms with Gasteiger partial charge >= 0.3 is 0 Å². The highest BCUT2D eigenvalue weighted by atomic mass is 16.5. The first kappa shape index (κ1) is 14.5. The van der Waals surface area contributed by atoms with Crippen LogP contribution in [0.1, 0.15) is 37.9 Å². The molecule has 1 aromatic carbocycles. The van der Waals surface area contributed by atoms with E-state index in [-0.39, 0.29) is 11.6 Å². The van der Waals surface area contributed by atoms with E-state index in [0.29, 0.717) is 0 Å². The summed E-state index contributed by atoms with van der Waals surface area (Å²) in [6.07, 6.45) is 1.07. The molecule has 0 saturated carbocycles. The van der Waals surface area contributed by atoms with E-state index in [9.17, 15) is 0 Å². The van der Waals surface area contributed by atoms with E-state index >= 15 is 0 Å². The number of benzene rings is 1. The van der Waals surface area contributed by atoms with Gasteiger partial charge in [0.2, 0.25) is 0 Å². The van der Waals surface area contributed by atoms with Gasteiger partial charge < -0.3 is 10.5 Å². The Labute approximate surface area is 116 Å². The lowest BCUT2D eigenvalue weighted by atomic mass is 9.87. The zero-order valence-corrected chi connectivity index (χ0v) is 12.4. The molecule has 0 aliphatic carbocycles. The van der Waals surface area contributed by atoms with Crippen molar-refractivity contribution < 1.29 is 4.74 Å². The molecule has 1 aliphatic rings. The number of rotatable bonds is 4. The van der Waals surface area contributed by atoms with Gasteiger partial charge in [0.25, 0.3) is 0 Å². The molecule has 0 radical (unpaired) electrons. The Bertz CT molecular complexity index is 394. The van der Waals surface area contributed by atoms with E-state index in [2.05, 4.69) is 49.9 Å². The van der Waals surface area contributed by atoms with Crippen molar-refractivity contribution in [1.82, 2.24) is 4.90 Å². The van der Waals surface area contributed by atoms with Crippen LogP contribution in [0.15, 0.2) is 24.3 Å². The van der Waals surface area contributed by atoms with Crippen LogP contribution in [0.4, 0.5) is 0 Å². The average Bonchev–Trinajstić information content (AvgIpc) is 2.47. The van der Waals surface area contributed by atoms with Crippen molar-refractivity contribution in [3.63, 3.8) is 0 Å². The Hall–Kier alpha value is -0.900. The Morgan fingerprint density at radius 3 is 2.32 bits per heavy atom. The van der Waals surface area contributed by atoms with Gasteiger partial charge in [-0.05, 0) is 31.4 Å². The maximum Gasteiger partial charge on any atom is 0.0594 e. The lowest BCUT2D eigenvalue weighted by Gasteiger charge is -2.44. The lowest BCUT2D eigenvalue weighted by molar-refractivity contribution is -0.0190. The highest BCUT2D eigenvalue weighted by Crippen LogP contribution is 2.29. The number of aryl methyl sites for hydroxylation is 1. The topological polar surface area (TPSA) is 38.5 Å². The third kappa shape index (κ3) is 3.16. The predicted molar refractivity (Wildman–Crippen MR) is 79.2 cm³/mol. The zero-order valence-electron chi connectivity index (χ0n) is 12.4. The van der Waals surface area contributed by atoms with Crippen molar-refractivity contribution in [2.75, 3.05) is 26.3 Å². The minimum atomic E-state index is -0.0441. The minimum absolute atomic E-state index is 0.0245. The maximum absolute atomic E-state index is 6.51. The predicted octanol–water partition coefficient (Wildman–Crippen LogP) is 2.36. The van der Waals surface area contributed by atoms with Crippen molar-refractivity contribution in [2.45, 2.75) is 38.8 Å². The molecule has 1 saturated heterocycles. The Morgan fingerprint density at radius 1 is 1.21 bits per heavy atom. The molecule has 3 nitrogen and oxygen atoms in total. The van der Waals surface area contributed by atoms with Gasteiger partial charge in [-0.25, -0.2) is 0 Å². The Balaban J connectivity index is 2.13. The van der Waals surface area contributed by atoms with Crippen LogP contribution in [0.5, 0.6) is 0 Å². The van der Waals surface area contributed by atoms with Crippen LogP contribution >= 0.6 is 0 Å². The molecule has 1 unspecified atom stereocenters. The average molecular weight is 262 g/mol. The molecule has 0 spiro atoms. The Morgan fingerprint density at radius 2 is 1.79 bits per heavy atom. The molecule has 3 heteroatoms. The van der Waals surface area contributed by atoms with Crippen LogP contribution in [0.2, 0.25) is 0 Å². The van der Waals surface area contributed by atoms with E-state index < -0.39 is 0 Å². The monoisotopic (exact) mass is 262 g/mol. The highest BCUT2D eigenvalue weighted by molar-refractivity contribution is 5.27. The molecular weight excluding hydrogens is 236 g/mol. The van der Waals surface area contributed by atoms with Crippen molar-refractivity contribution in [2.24, 2.45) is 5.73 Å². The van der Waals surface area contributed by atoms with Crippen LogP contribution in [0.25, 0.3) is 0 Å². The van der Waals surface area contributed by atoms with E-state index in [1.54, 1.807) is 0 Å².